The van der Waals surface area contributed by atoms with Crippen LogP contribution in [0.2, 0.25) is 0 Å². The molecule has 4 aromatic rings. The van der Waals surface area contributed by atoms with Crippen LogP contribution in [0.25, 0.3) is 21.9 Å². The molecule has 0 unspecified atom stereocenters. The molecule has 1 amide bonds. The number of nitrogens with zero attached hydrogens (tertiary/aromatic N) is 2. The maximum Gasteiger partial charge on any atom is 0.337 e. The van der Waals surface area contributed by atoms with Crippen LogP contribution in [0.1, 0.15) is 27.9 Å². The zero-order valence-corrected chi connectivity index (χ0v) is 17.3. The molecular formula is C23H22N4O4. The van der Waals surface area contributed by atoms with Gasteiger partial charge in [0.15, 0.2) is 0 Å². The molecule has 0 bridgehead atoms. The Labute approximate surface area is 177 Å². The number of fused-ring (bicyclic) bond motifs is 3. The van der Waals surface area contributed by atoms with Crippen LogP contribution < -0.4 is 10.9 Å². The number of ether oxygens (including phenoxy) is 1. The van der Waals surface area contributed by atoms with Crippen molar-refractivity contribution in [1.29, 1.82) is 0 Å². The lowest BCUT2D eigenvalue weighted by Crippen LogP contribution is -2.27. The van der Waals surface area contributed by atoms with Crippen molar-refractivity contribution in [3.63, 3.8) is 0 Å². The van der Waals surface area contributed by atoms with Crippen LogP contribution in [0.15, 0.2) is 53.6 Å². The molecule has 0 saturated heterocycles. The molecule has 0 spiro atoms. The smallest absolute Gasteiger partial charge is 0.337 e. The van der Waals surface area contributed by atoms with E-state index in [2.05, 4.69) is 15.3 Å². The van der Waals surface area contributed by atoms with Gasteiger partial charge in [-0.3, -0.25) is 14.2 Å². The van der Waals surface area contributed by atoms with E-state index in [1.165, 1.54) is 18.0 Å². The molecule has 2 N–H and O–H groups in total. The van der Waals surface area contributed by atoms with E-state index in [0.717, 1.165) is 22.0 Å². The number of hydrogen-bond acceptors (Lipinski definition) is 5. The molecule has 0 aliphatic rings. The summed E-state index contributed by atoms with van der Waals surface area (Å²) < 4.78 is 6.14. The largest absolute Gasteiger partial charge is 0.465 e. The maximum atomic E-state index is 12.8. The fraction of sp³-hybridized carbons (Fsp3) is 0.217. The number of methoxy groups -OCH3 is 1. The van der Waals surface area contributed by atoms with Crippen molar-refractivity contribution in [2.24, 2.45) is 0 Å². The Hall–Kier alpha value is -3.94. The maximum absolute atomic E-state index is 12.8. The second-order valence-corrected chi connectivity index (χ2v) is 7.36. The average molecular weight is 418 g/mol. The summed E-state index contributed by atoms with van der Waals surface area (Å²) >= 11 is 0. The monoisotopic (exact) mass is 418 g/mol. The number of aryl methyl sites for hydroxylation is 2. The van der Waals surface area contributed by atoms with E-state index >= 15 is 0 Å². The normalized spacial score (nSPS) is 11.0. The van der Waals surface area contributed by atoms with Crippen LogP contribution in [-0.2, 0) is 22.6 Å². The molecule has 8 heteroatoms. The lowest BCUT2D eigenvalue weighted by molar-refractivity contribution is -0.121. The number of esters is 1. The number of nitrogens with one attached hydrogen (secondary N) is 2. The molecule has 0 saturated carbocycles. The first-order chi connectivity index (χ1) is 15.0. The van der Waals surface area contributed by atoms with Gasteiger partial charge in [-0.05, 0) is 36.8 Å². The molecule has 158 valence electrons. The minimum absolute atomic E-state index is 0.128. The van der Waals surface area contributed by atoms with Crippen molar-refractivity contribution < 1.29 is 14.3 Å². The molecule has 31 heavy (non-hydrogen) atoms. The van der Waals surface area contributed by atoms with E-state index in [1.807, 2.05) is 31.2 Å². The first-order valence-corrected chi connectivity index (χ1v) is 9.87. The fourth-order valence-corrected chi connectivity index (χ4v) is 3.50. The fourth-order valence-electron chi connectivity index (χ4n) is 3.50. The summed E-state index contributed by atoms with van der Waals surface area (Å²) in [7, 11) is 1.32. The minimum atomic E-state index is -0.428. The van der Waals surface area contributed by atoms with Crippen molar-refractivity contribution in [2.45, 2.75) is 26.4 Å². The highest BCUT2D eigenvalue weighted by Gasteiger charge is 2.12. The minimum Gasteiger partial charge on any atom is -0.465 e. The summed E-state index contributed by atoms with van der Waals surface area (Å²) in [5.74, 6) is -0.634. The Morgan fingerprint density at radius 2 is 2.03 bits per heavy atom. The molecule has 4 rings (SSSR count). The predicted octanol–water partition coefficient (Wildman–Crippen LogP) is 2.68. The van der Waals surface area contributed by atoms with Gasteiger partial charge in [-0.1, -0.05) is 23.8 Å². The summed E-state index contributed by atoms with van der Waals surface area (Å²) in [4.78, 5) is 44.3. The summed E-state index contributed by atoms with van der Waals surface area (Å²) in [6.45, 7) is 2.48. The van der Waals surface area contributed by atoms with Crippen LogP contribution in [-0.4, -0.2) is 33.5 Å². The zero-order valence-electron chi connectivity index (χ0n) is 17.3. The van der Waals surface area contributed by atoms with E-state index in [-0.39, 0.29) is 31.0 Å². The van der Waals surface area contributed by atoms with Gasteiger partial charge in [-0.25, -0.2) is 9.78 Å². The SMILES string of the molecule is COC(=O)c1cccc(CNC(=O)CCn2cnc3c([nH]c4ccc(C)cc43)c2=O)c1. The standard InChI is InChI=1S/C23H22N4O4/c1-14-6-7-18-17(10-14)20-21(26-18)22(29)27(13-25-20)9-8-19(28)24-12-15-4-3-5-16(11-15)23(30)31-2/h3-7,10-11,13,26H,8-9,12H2,1-2H3,(H,24,28). The predicted molar refractivity (Wildman–Crippen MR) is 117 cm³/mol. The summed E-state index contributed by atoms with van der Waals surface area (Å²) in [6.07, 6.45) is 1.61. The number of amides is 1. The zero-order chi connectivity index (χ0) is 22.0. The van der Waals surface area contributed by atoms with Crippen molar-refractivity contribution >= 4 is 33.8 Å². The number of carbonyl (C=O) groups is 2. The number of rotatable bonds is 6. The number of hydrogen-bond donors (Lipinski definition) is 2. The molecule has 0 radical (unpaired) electrons. The highest BCUT2D eigenvalue weighted by Crippen LogP contribution is 2.22. The van der Waals surface area contributed by atoms with Gasteiger partial charge in [0.05, 0.1) is 19.0 Å². The first kappa shape index (κ1) is 20.3. The lowest BCUT2D eigenvalue weighted by Gasteiger charge is -2.08. The Bertz CT molecular complexity index is 1350. The summed E-state index contributed by atoms with van der Waals surface area (Å²) in [5, 5.41) is 3.71. The number of benzene rings is 2. The first-order valence-electron chi connectivity index (χ1n) is 9.87. The molecule has 0 atom stereocenters. The topological polar surface area (TPSA) is 106 Å². The van der Waals surface area contributed by atoms with Gasteiger partial charge < -0.3 is 15.0 Å². The Kier molecular flexibility index (Phi) is 5.53. The molecule has 0 aliphatic heterocycles. The molecule has 2 heterocycles. The van der Waals surface area contributed by atoms with Crippen LogP contribution in [0.5, 0.6) is 0 Å². The molecule has 0 fully saturated rings. The second-order valence-electron chi connectivity index (χ2n) is 7.36. The van der Waals surface area contributed by atoms with E-state index in [4.69, 9.17) is 4.74 Å². The van der Waals surface area contributed by atoms with Crippen LogP contribution in [0, 0.1) is 6.92 Å². The summed E-state index contributed by atoms with van der Waals surface area (Å²) in [5.41, 5.74) is 4.01. The number of H-pyrrole nitrogens is 1. The molecule has 2 aromatic heterocycles. The molecule has 8 nitrogen and oxygen atoms in total. The quantitative estimate of drug-likeness (QED) is 0.468. The van der Waals surface area contributed by atoms with Gasteiger partial charge in [0.1, 0.15) is 11.0 Å². The second kappa shape index (κ2) is 8.43. The third-order valence-corrected chi connectivity index (χ3v) is 5.15. The number of aromatic amines is 1. The van der Waals surface area contributed by atoms with Gasteiger partial charge in [0.2, 0.25) is 5.91 Å². The highest BCUT2D eigenvalue weighted by molar-refractivity contribution is 6.04. The van der Waals surface area contributed by atoms with Crippen LogP contribution in [0.3, 0.4) is 0 Å². The number of carbonyl (C=O) groups excluding carboxylic acids is 2. The van der Waals surface area contributed by atoms with Gasteiger partial charge >= 0.3 is 5.97 Å². The Balaban J connectivity index is 1.42. The van der Waals surface area contributed by atoms with Crippen molar-refractivity contribution in [3.8, 4) is 0 Å². The number of aromatic nitrogens is 3. The molecular weight excluding hydrogens is 396 g/mol. The van der Waals surface area contributed by atoms with E-state index in [9.17, 15) is 14.4 Å². The van der Waals surface area contributed by atoms with E-state index in [1.54, 1.807) is 18.2 Å². The van der Waals surface area contributed by atoms with Crippen LogP contribution >= 0.6 is 0 Å². The van der Waals surface area contributed by atoms with E-state index in [0.29, 0.717) is 16.6 Å². The molecule has 0 aliphatic carbocycles. The highest BCUT2D eigenvalue weighted by atomic mass is 16.5. The van der Waals surface area contributed by atoms with Gasteiger partial charge in [-0.2, -0.15) is 0 Å². The molecule has 2 aromatic carbocycles. The average Bonchev–Trinajstić information content (AvgIpc) is 3.15. The van der Waals surface area contributed by atoms with Gasteiger partial charge in [0.25, 0.3) is 5.56 Å². The third kappa shape index (κ3) is 4.18. The third-order valence-electron chi connectivity index (χ3n) is 5.15. The van der Waals surface area contributed by atoms with Gasteiger partial charge in [-0.15, -0.1) is 0 Å². The lowest BCUT2D eigenvalue weighted by atomic mass is 10.1. The van der Waals surface area contributed by atoms with Crippen molar-refractivity contribution in [1.82, 2.24) is 19.9 Å². The Morgan fingerprint density at radius 3 is 2.84 bits per heavy atom. The van der Waals surface area contributed by atoms with Crippen LogP contribution in [0.4, 0.5) is 0 Å². The van der Waals surface area contributed by atoms with Crippen molar-refractivity contribution in [2.75, 3.05) is 7.11 Å². The summed E-state index contributed by atoms with van der Waals surface area (Å²) in [6, 6.07) is 12.8. The van der Waals surface area contributed by atoms with E-state index < -0.39 is 5.97 Å². The van der Waals surface area contributed by atoms with Gasteiger partial charge in [0, 0.05) is 30.4 Å². The Morgan fingerprint density at radius 1 is 1.19 bits per heavy atom. The van der Waals surface area contributed by atoms with Crippen molar-refractivity contribution in [3.05, 3.63) is 75.8 Å².